The van der Waals surface area contributed by atoms with Crippen molar-refractivity contribution in [3.8, 4) is 11.3 Å². The van der Waals surface area contributed by atoms with Gasteiger partial charge in [0.05, 0.1) is 11.9 Å². The molecule has 1 aromatic heterocycles. The van der Waals surface area contributed by atoms with Crippen molar-refractivity contribution in [1.29, 1.82) is 0 Å². The Morgan fingerprint density at radius 2 is 2.09 bits per heavy atom. The van der Waals surface area contributed by atoms with E-state index in [4.69, 9.17) is 11.6 Å². The van der Waals surface area contributed by atoms with Crippen LogP contribution in [0.4, 0.5) is 0 Å². The number of likely N-dealkylation sites (tertiary alicyclic amines) is 1. The zero-order valence-corrected chi connectivity index (χ0v) is 13.4. The third-order valence-electron chi connectivity index (χ3n) is 5.09. The first-order valence-corrected chi connectivity index (χ1v) is 8.33. The second-order valence-corrected chi connectivity index (χ2v) is 7.10. The molecule has 3 heterocycles. The van der Waals surface area contributed by atoms with Gasteiger partial charge < -0.3 is 5.32 Å². The van der Waals surface area contributed by atoms with Gasteiger partial charge in [0.1, 0.15) is 0 Å². The number of hydrogen-bond donors (Lipinski definition) is 2. The maximum Gasteiger partial charge on any atom is 0.0695 e. The molecule has 0 bridgehead atoms. The van der Waals surface area contributed by atoms with E-state index in [9.17, 15) is 0 Å². The molecule has 22 heavy (non-hydrogen) atoms. The molecule has 0 saturated carbocycles. The van der Waals surface area contributed by atoms with Gasteiger partial charge in [-0.25, -0.2) is 0 Å². The summed E-state index contributed by atoms with van der Waals surface area (Å²) < 4.78 is 0. The summed E-state index contributed by atoms with van der Waals surface area (Å²) in [6.45, 7) is 5.71. The Hall–Kier alpha value is -1.36. The minimum atomic E-state index is 0.518. The van der Waals surface area contributed by atoms with Gasteiger partial charge in [0.25, 0.3) is 0 Å². The fraction of sp³-hybridized carbons (Fsp3) is 0.471. The van der Waals surface area contributed by atoms with Crippen molar-refractivity contribution in [3.63, 3.8) is 0 Å². The fourth-order valence-electron chi connectivity index (χ4n) is 3.84. The lowest BCUT2D eigenvalue weighted by Crippen LogP contribution is -2.28. The molecule has 1 aromatic carbocycles. The molecule has 2 aliphatic rings. The molecule has 0 aliphatic carbocycles. The Labute approximate surface area is 135 Å². The van der Waals surface area contributed by atoms with Gasteiger partial charge in [0, 0.05) is 30.2 Å². The Morgan fingerprint density at radius 3 is 2.86 bits per heavy atom. The number of aromatic nitrogens is 2. The van der Waals surface area contributed by atoms with Crippen LogP contribution in [-0.2, 0) is 6.54 Å². The molecular formula is C17H21ClN4. The van der Waals surface area contributed by atoms with Crippen molar-refractivity contribution in [3.05, 3.63) is 41.0 Å². The van der Waals surface area contributed by atoms with E-state index in [1.165, 1.54) is 44.6 Å². The molecule has 2 fully saturated rings. The summed E-state index contributed by atoms with van der Waals surface area (Å²) in [5, 5.41) is 11.7. The van der Waals surface area contributed by atoms with Crippen LogP contribution in [0, 0.1) is 5.41 Å². The third-order valence-corrected chi connectivity index (χ3v) is 5.35. The van der Waals surface area contributed by atoms with E-state index >= 15 is 0 Å². The minimum absolute atomic E-state index is 0.518. The molecule has 2 saturated heterocycles. The van der Waals surface area contributed by atoms with E-state index in [1.54, 1.807) is 0 Å². The number of hydrogen-bond acceptors (Lipinski definition) is 3. The summed E-state index contributed by atoms with van der Waals surface area (Å²) in [5.74, 6) is 0. The lowest BCUT2D eigenvalue weighted by atomic mass is 9.86. The van der Waals surface area contributed by atoms with Gasteiger partial charge in [-0.1, -0.05) is 23.7 Å². The van der Waals surface area contributed by atoms with Crippen LogP contribution in [-0.4, -0.2) is 41.3 Å². The van der Waals surface area contributed by atoms with E-state index in [0.29, 0.717) is 5.41 Å². The monoisotopic (exact) mass is 316 g/mol. The molecule has 1 atom stereocenters. The van der Waals surface area contributed by atoms with Crippen LogP contribution in [0.5, 0.6) is 0 Å². The molecule has 5 heteroatoms. The summed E-state index contributed by atoms with van der Waals surface area (Å²) >= 11 is 5.98. The molecule has 1 spiro atoms. The number of H-pyrrole nitrogens is 1. The molecule has 0 radical (unpaired) electrons. The summed E-state index contributed by atoms with van der Waals surface area (Å²) in [4.78, 5) is 2.57. The van der Waals surface area contributed by atoms with Gasteiger partial charge in [-0.05, 0) is 49.0 Å². The average molecular weight is 317 g/mol. The van der Waals surface area contributed by atoms with Crippen LogP contribution in [0.3, 0.4) is 0 Å². The number of aromatic amines is 1. The molecule has 1 unspecified atom stereocenters. The van der Waals surface area contributed by atoms with Gasteiger partial charge in [-0.3, -0.25) is 10.00 Å². The van der Waals surface area contributed by atoms with Gasteiger partial charge in [-0.2, -0.15) is 5.10 Å². The maximum atomic E-state index is 5.98. The maximum absolute atomic E-state index is 5.98. The van der Waals surface area contributed by atoms with Crippen LogP contribution in [0.2, 0.25) is 5.02 Å². The Balaban J connectivity index is 1.50. The number of nitrogens with one attached hydrogen (secondary N) is 2. The topological polar surface area (TPSA) is 44.0 Å². The van der Waals surface area contributed by atoms with Crippen molar-refractivity contribution in [2.24, 2.45) is 5.41 Å². The van der Waals surface area contributed by atoms with Crippen molar-refractivity contribution in [2.75, 3.05) is 26.2 Å². The Bertz CT molecular complexity index is 643. The number of rotatable bonds is 3. The normalized spacial score (nSPS) is 25.3. The van der Waals surface area contributed by atoms with E-state index in [-0.39, 0.29) is 0 Å². The third kappa shape index (κ3) is 2.67. The number of nitrogens with zero attached hydrogens (tertiary/aromatic N) is 2. The zero-order chi connectivity index (χ0) is 15.0. The summed E-state index contributed by atoms with van der Waals surface area (Å²) in [6.07, 6.45) is 4.59. The average Bonchev–Trinajstić information content (AvgIpc) is 3.24. The van der Waals surface area contributed by atoms with Gasteiger partial charge in [0.15, 0.2) is 0 Å². The highest BCUT2D eigenvalue weighted by Crippen LogP contribution is 2.37. The highest BCUT2D eigenvalue weighted by atomic mass is 35.5. The van der Waals surface area contributed by atoms with Gasteiger partial charge in [0.2, 0.25) is 0 Å². The lowest BCUT2D eigenvalue weighted by molar-refractivity contribution is 0.269. The molecular weight excluding hydrogens is 296 g/mol. The smallest absolute Gasteiger partial charge is 0.0695 e. The van der Waals surface area contributed by atoms with Crippen LogP contribution in [0.15, 0.2) is 30.5 Å². The van der Waals surface area contributed by atoms with Gasteiger partial charge >= 0.3 is 0 Å². The second-order valence-electron chi connectivity index (χ2n) is 6.66. The van der Waals surface area contributed by atoms with E-state index in [0.717, 1.165) is 22.8 Å². The highest BCUT2D eigenvalue weighted by molar-refractivity contribution is 6.30. The molecule has 2 N–H and O–H groups in total. The Kier molecular flexibility index (Phi) is 3.68. The van der Waals surface area contributed by atoms with Crippen molar-refractivity contribution >= 4 is 11.6 Å². The standard InChI is InChI=1S/C17H21ClN4/c18-15-3-1-13(2-4-15)16-14(9-20-21-16)10-22-8-6-17(12-22)5-7-19-11-17/h1-4,9,19H,5-8,10-12H2,(H,20,21). The molecule has 2 aliphatic heterocycles. The largest absolute Gasteiger partial charge is 0.316 e. The first-order valence-electron chi connectivity index (χ1n) is 7.95. The van der Waals surface area contributed by atoms with Gasteiger partial charge in [-0.15, -0.1) is 0 Å². The highest BCUT2D eigenvalue weighted by Gasteiger charge is 2.40. The summed E-state index contributed by atoms with van der Waals surface area (Å²) in [7, 11) is 0. The van der Waals surface area contributed by atoms with E-state index in [1.807, 2.05) is 30.5 Å². The summed E-state index contributed by atoms with van der Waals surface area (Å²) in [5.41, 5.74) is 4.05. The molecule has 0 amide bonds. The molecule has 116 valence electrons. The SMILES string of the molecule is Clc1ccc(-c2[nH]ncc2CN2CCC3(CCNC3)C2)cc1. The van der Waals surface area contributed by atoms with Crippen LogP contribution in [0.25, 0.3) is 11.3 Å². The second kappa shape index (κ2) is 5.69. The molecule has 4 nitrogen and oxygen atoms in total. The predicted molar refractivity (Wildman–Crippen MR) is 88.8 cm³/mol. The Morgan fingerprint density at radius 1 is 1.23 bits per heavy atom. The zero-order valence-electron chi connectivity index (χ0n) is 12.6. The summed E-state index contributed by atoms with van der Waals surface area (Å²) in [6, 6.07) is 7.95. The lowest BCUT2D eigenvalue weighted by Gasteiger charge is -2.22. The van der Waals surface area contributed by atoms with Crippen molar-refractivity contribution in [2.45, 2.75) is 19.4 Å². The van der Waals surface area contributed by atoms with Crippen molar-refractivity contribution < 1.29 is 0 Å². The molecule has 4 rings (SSSR count). The first kappa shape index (κ1) is 14.2. The van der Waals surface area contributed by atoms with Crippen molar-refractivity contribution in [1.82, 2.24) is 20.4 Å². The van der Waals surface area contributed by atoms with Crippen LogP contribution < -0.4 is 5.32 Å². The number of benzene rings is 1. The minimum Gasteiger partial charge on any atom is -0.316 e. The number of halogens is 1. The van der Waals surface area contributed by atoms with Crippen LogP contribution >= 0.6 is 11.6 Å². The van der Waals surface area contributed by atoms with Crippen LogP contribution in [0.1, 0.15) is 18.4 Å². The van der Waals surface area contributed by atoms with E-state index < -0.39 is 0 Å². The fourth-order valence-corrected chi connectivity index (χ4v) is 3.97. The quantitative estimate of drug-likeness (QED) is 0.915. The molecule has 2 aromatic rings. The first-order chi connectivity index (χ1) is 10.7. The predicted octanol–water partition coefficient (Wildman–Crippen LogP) is 2.92. The van der Waals surface area contributed by atoms with E-state index in [2.05, 4.69) is 20.4 Å².